The van der Waals surface area contributed by atoms with Crippen LogP contribution in [-0.4, -0.2) is 5.78 Å². The molecule has 2 rings (SSSR count). The standard InChI is InChI=1S/C11H16O/c1-7-4-3-5-9-8(2)11(12)6-10(7)9/h6-9H,3-5H2,1-2H3. The molecule has 0 amide bonds. The third-order valence-corrected chi connectivity index (χ3v) is 3.51. The zero-order valence-corrected chi connectivity index (χ0v) is 7.84. The number of rotatable bonds is 0. The van der Waals surface area contributed by atoms with E-state index >= 15 is 0 Å². The Balaban J connectivity index is 2.27. The number of ketones is 1. The van der Waals surface area contributed by atoms with Crippen LogP contribution in [0.4, 0.5) is 0 Å². The van der Waals surface area contributed by atoms with Gasteiger partial charge in [-0.1, -0.05) is 25.8 Å². The van der Waals surface area contributed by atoms with Crippen LogP contribution in [0, 0.1) is 17.8 Å². The third kappa shape index (κ3) is 1.03. The van der Waals surface area contributed by atoms with Gasteiger partial charge in [-0.25, -0.2) is 0 Å². The van der Waals surface area contributed by atoms with E-state index in [0.29, 0.717) is 17.6 Å². The Bertz CT molecular complexity index is 239. The largest absolute Gasteiger partial charge is 0.295 e. The van der Waals surface area contributed by atoms with Gasteiger partial charge in [0.15, 0.2) is 5.78 Å². The van der Waals surface area contributed by atoms with E-state index in [4.69, 9.17) is 0 Å². The van der Waals surface area contributed by atoms with Crippen molar-refractivity contribution in [2.45, 2.75) is 33.1 Å². The molecule has 0 N–H and O–H groups in total. The summed E-state index contributed by atoms with van der Waals surface area (Å²) in [5, 5.41) is 0. The van der Waals surface area contributed by atoms with Crippen LogP contribution in [0.15, 0.2) is 11.6 Å². The van der Waals surface area contributed by atoms with E-state index in [1.165, 1.54) is 24.8 Å². The molecular formula is C11H16O. The van der Waals surface area contributed by atoms with Crippen LogP contribution >= 0.6 is 0 Å². The number of hydrogen-bond acceptors (Lipinski definition) is 1. The Morgan fingerprint density at radius 3 is 2.75 bits per heavy atom. The van der Waals surface area contributed by atoms with E-state index in [1.54, 1.807) is 0 Å². The zero-order chi connectivity index (χ0) is 8.72. The van der Waals surface area contributed by atoms with E-state index in [0.717, 1.165) is 0 Å². The second-order valence-corrected chi connectivity index (χ2v) is 4.27. The average molecular weight is 164 g/mol. The summed E-state index contributed by atoms with van der Waals surface area (Å²) in [5.74, 6) is 1.91. The van der Waals surface area contributed by atoms with Crippen LogP contribution in [0.3, 0.4) is 0 Å². The molecule has 0 heterocycles. The smallest absolute Gasteiger partial charge is 0.159 e. The van der Waals surface area contributed by atoms with Crippen molar-refractivity contribution in [1.29, 1.82) is 0 Å². The predicted molar refractivity (Wildman–Crippen MR) is 48.8 cm³/mol. The maximum absolute atomic E-state index is 11.4. The summed E-state index contributed by atoms with van der Waals surface area (Å²) in [6.07, 6.45) is 5.74. The minimum absolute atomic E-state index is 0.280. The number of carbonyl (C=O) groups is 1. The van der Waals surface area contributed by atoms with Gasteiger partial charge in [0.1, 0.15) is 0 Å². The van der Waals surface area contributed by atoms with Gasteiger partial charge in [0.05, 0.1) is 0 Å². The minimum Gasteiger partial charge on any atom is -0.295 e. The predicted octanol–water partition coefficient (Wildman–Crippen LogP) is 2.57. The maximum atomic E-state index is 11.4. The van der Waals surface area contributed by atoms with Crippen LogP contribution in [-0.2, 0) is 4.79 Å². The van der Waals surface area contributed by atoms with E-state index < -0.39 is 0 Å². The molecule has 0 aromatic heterocycles. The van der Waals surface area contributed by atoms with Gasteiger partial charge >= 0.3 is 0 Å². The van der Waals surface area contributed by atoms with Crippen molar-refractivity contribution in [3.8, 4) is 0 Å². The van der Waals surface area contributed by atoms with Crippen molar-refractivity contribution < 1.29 is 4.79 Å². The normalized spacial score (nSPS) is 41.0. The fraction of sp³-hybridized carbons (Fsp3) is 0.727. The third-order valence-electron chi connectivity index (χ3n) is 3.51. The quantitative estimate of drug-likeness (QED) is 0.537. The molecule has 2 aliphatic rings. The lowest BCUT2D eigenvalue weighted by atomic mass is 9.76. The van der Waals surface area contributed by atoms with E-state index in [9.17, 15) is 4.79 Å². The molecule has 1 saturated carbocycles. The second-order valence-electron chi connectivity index (χ2n) is 4.27. The fourth-order valence-corrected chi connectivity index (χ4v) is 2.62. The highest BCUT2D eigenvalue weighted by Crippen LogP contribution is 2.42. The van der Waals surface area contributed by atoms with Crippen LogP contribution in [0.5, 0.6) is 0 Å². The topological polar surface area (TPSA) is 17.1 Å². The molecule has 0 radical (unpaired) electrons. The lowest BCUT2D eigenvalue weighted by Crippen LogP contribution is -2.20. The fourth-order valence-electron chi connectivity index (χ4n) is 2.62. The molecule has 3 atom stereocenters. The van der Waals surface area contributed by atoms with Crippen LogP contribution in [0.25, 0.3) is 0 Å². The molecule has 12 heavy (non-hydrogen) atoms. The molecular weight excluding hydrogens is 148 g/mol. The molecule has 0 spiro atoms. The molecule has 2 aliphatic carbocycles. The Morgan fingerprint density at radius 1 is 1.33 bits per heavy atom. The van der Waals surface area contributed by atoms with Gasteiger partial charge in [-0.05, 0) is 30.8 Å². The zero-order valence-electron chi connectivity index (χ0n) is 7.84. The van der Waals surface area contributed by atoms with Crippen LogP contribution < -0.4 is 0 Å². The lowest BCUT2D eigenvalue weighted by Gasteiger charge is -2.28. The number of allylic oxidation sites excluding steroid dienone is 2. The van der Waals surface area contributed by atoms with Gasteiger partial charge in [-0.2, -0.15) is 0 Å². The molecule has 0 aromatic carbocycles. The maximum Gasteiger partial charge on any atom is 0.159 e. The number of hydrogen-bond donors (Lipinski definition) is 0. The molecule has 0 aromatic rings. The summed E-state index contributed by atoms with van der Waals surface area (Å²) in [7, 11) is 0. The molecule has 3 unspecified atom stereocenters. The highest BCUT2D eigenvalue weighted by Gasteiger charge is 2.36. The van der Waals surface area contributed by atoms with Crippen molar-refractivity contribution in [2.24, 2.45) is 17.8 Å². The van der Waals surface area contributed by atoms with Crippen molar-refractivity contribution in [3.05, 3.63) is 11.6 Å². The van der Waals surface area contributed by atoms with Gasteiger partial charge in [0.2, 0.25) is 0 Å². The molecule has 1 heteroatoms. The Hall–Kier alpha value is -0.590. The summed E-state index contributed by atoms with van der Waals surface area (Å²) in [5.41, 5.74) is 1.44. The first-order valence-corrected chi connectivity index (χ1v) is 4.95. The van der Waals surface area contributed by atoms with Crippen molar-refractivity contribution in [1.82, 2.24) is 0 Å². The highest BCUT2D eigenvalue weighted by atomic mass is 16.1. The van der Waals surface area contributed by atoms with Gasteiger partial charge in [-0.3, -0.25) is 4.79 Å². The summed E-state index contributed by atoms with van der Waals surface area (Å²) in [6, 6.07) is 0. The summed E-state index contributed by atoms with van der Waals surface area (Å²) in [4.78, 5) is 11.4. The van der Waals surface area contributed by atoms with Gasteiger partial charge < -0.3 is 0 Å². The van der Waals surface area contributed by atoms with Gasteiger partial charge in [0, 0.05) is 5.92 Å². The summed E-state index contributed by atoms with van der Waals surface area (Å²) in [6.45, 7) is 4.33. The molecule has 1 fully saturated rings. The first kappa shape index (κ1) is 8.03. The van der Waals surface area contributed by atoms with Gasteiger partial charge in [0.25, 0.3) is 0 Å². The minimum atomic E-state index is 0.280. The van der Waals surface area contributed by atoms with Crippen molar-refractivity contribution in [3.63, 3.8) is 0 Å². The molecule has 0 bridgehead atoms. The highest BCUT2D eigenvalue weighted by molar-refractivity contribution is 5.95. The first-order chi connectivity index (χ1) is 5.70. The van der Waals surface area contributed by atoms with E-state index in [1.807, 2.05) is 6.08 Å². The molecule has 66 valence electrons. The SMILES string of the molecule is CC1CCCC2C1=CC(=O)C2C. The lowest BCUT2D eigenvalue weighted by molar-refractivity contribution is -0.117. The molecule has 0 saturated heterocycles. The Kier molecular flexibility index (Phi) is 1.82. The van der Waals surface area contributed by atoms with E-state index in [-0.39, 0.29) is 5.92 Å². The average Bonchev–Trinajstić information content (AvgIpc) is 2.32. The van der Waals surface area contributed by atoms with Crippen LogP contribution in [0.1, 0.15) is 33.1 Å². The Labute approximate surface area is 73.8 Å². The van der Waals surface area contributed by atoms with Crippen molar-refractivity contribution in [2.75, 3.05) is 0 Å². The van der Waals surface area contributed by atoms with E-state index in [2.05, 4.69) is 13.8 Å². The summed E-state index contributed by atoms with van der Waals surface area (Å²) >= 11 is 0. The second kappa shape index (κ2) is 2.72. The molecule has 1 nitrogen and oxygen atoms in total. The van der Waals surface area contributed by atoms with Gasteiger partial charge in [-0.15, -0.1) is 0 Å². The first-order valence-electron chi connectivity index (χ1n) is 4.95. The Morgan fingerprint density at radius 2 is 2.08 bits per heavy atom. The summed E-state index contributed by atoms with van der Waals surface area (Å²) < 4.78 is 0. The monoisotopic (exact) mass is 164 g/mol. The van der Waals surface area contributed by atoms with Crippen LogP contribution in [0.2, 0.25) is 0 Å². The number of carbonyl (C=O) groups excluding carboxylic acids is 1. The number of fused-ring (bicyclic) bond motifs is 1. The van der Waals surface area contributed by atoms with Crippen molar-refractivity contribution >= 4 is 5.78 Å². The molecule has 0 aliphatic heterocycles.